The van der Waals surface area contributed by atoms with Crippen LogP contribution in [0.25, 0.3) is 0 Å². The van der Waals surface area contributed by atoms with Crippen LogP contribution in [0.5, 0.6) is 0 Å². The van der Waals surface area contributed by atoms with Crippen molar-refractivity contribution in [3.8, 4) is 0 Å². The zero-order valence-corrected chi connectivity index (χ0v) is 17.9. The average Bonchev–Trinajstić information content (AvgIpc) is 2.91. The fourth-order valence-corrected chi connectivity index (χ4v) is 3.56. The van der Waals surface area contributed by atoms with Crippen LogP contribution in [0.15, 0.2) is 9.41 Å². The van der Waals surface area contributed by atoms with Gasteiger partial charge in [-0.1, -0.05) is 26.7 Å². The van der Waals surface area contributed by atoms with Crippen LogP contribution in [0.2, 0.25) is 0 Å². The molecule has 1 aromatic heterocycles. The first kappa shape index (κ1) is 21.7. The molecule has 6 nitrogen and oxygen atoms in total. The molecule has 1 unspecified atom stereocenters. The molecule has 1 saturated heterocycles. The summed E-state index contributed by atoms with van der Waals surface area (Å²) in [7, 11) is 0. The van der Waals surface area contributed by atoms with Crippen molar-refractivity contribution < 1.29 is 4.42 Å². The summed E-state index contributed by atoms with van der Waals surface area (Å²) in [6.07, 6.45) is 5.96. The molecule has 2 heterocycles. The molecule has 1 atom stereocenters. The van der Waals surface area contributed by atoms with Crippen molar-refractivity contribution in [2.75, 3.05) is 19.6 Å². The molecule has 0 aromatic carbocycles. The van der Waals surface area contributed by atoms with Crippen molar-refractivity contribution in [2.24, 2.45) is 22.6 Å². The lowest BCUT2D eigenvalue weighted by atomic mass is 9.97. The molecule has 1 aliphatic rings. The Bertz CT molecular complexity index is 568. The Morgan fingerprint density at radius 2 is 1.96 bits per heavy atom. The minimum Gasteiger partial charge on any atom is -0.444 e. The number of aryl methyl sites for hydroxylation is 2. The van der Waals surface area contributed by atoms with Gasteiger partial charge in [-0.05, 0) is 65.0 Å². The van der Waals surface area contributed by atoms with Crippen LogP contribution in [-0.4, -0.2) is 41.5 Å². The lowest BCUT2D eigenvalue weighted by Crippen LogP contribution is -2.39. The molecule has 0 amide bonds. The van der Waals surface area contributed by atoms with Crippen LogP contribution in [-0.2, 0) is 6.54 Å². The van der Waals surface area contributed by atoms with Gasteiger partial charge < -0.3 is 15.5 Å². The smallest absolute Gasteiger partial charge is 0.208 e. The number of piperidine rings is 1. The van der Waals surface area contributed by atoms with Crippen LogP contribution >= 0.6 is 0 Å². The van der Waals surface area contributed by atoms with Gasteiger partial charge in [0.2, 0.25) is 5.89 Å². The van der Waals surface area contributed by atoms with Crippen LogP contribution in [0.1, 0.15) is 70.2 Å². The highest BCUT2D eigenvalue weighted by molar-refractivity contribution is 5.78. The van der Waals surface area contributed by atoms with E-state index in [1.54, 1.807) is 0 Å². The summed E-state index contributed by atoms with van der Waals surface area (Å²) in [5.41, 5.74) is 7.07. The molecule has 1 aliphatic heterocycles. The van der Waals surface area contributed by atoms with Crippen LogP contribution in [0, 0.1) is 25.7 Å². The third-order valence-electron chi connectivity index (χ3n) is 5.47. The van der Waals surface area contributed by atoms with E-state index >= 15 is 0 Å². The molecule has 0 bridgehead atoms. The van der Waals surface area contributed by atoms with Gasteiger partial charge in [-0.2, -0.15) is 0 Å². The number of aromatic nitrogens is 1. The second kappa shape index (κ2) is 10.7. The van der Waals surface area contributed by atoms with Gasteiger partial charge in [-0.25, -0.2) is 4.98 Å². The Hall–Kier alpha value is -1.56. The predicted molar refractivity (Wildman–Crippen MR) is 112 cm³/mol. The number of rotatable bonds is 9. The van der Waals surface area contributed by atoms with Gasteiger partial charge in [0.25, 0.3) is 0 Å². The van der Waals surface area contributed by atoms with Gasteiger partial charge in [0.05, 0.1) is 12.2 Å². The van der Waals surface area contributed by atoms with E-state index in [4.69, 9.17) is 10.2 Å². The number of hydrogen-bond donors (Lipinski definition) is 2. The number of oxazole rings is 1. The van der Waals surface area contributed by atoms with Crippen molar-refractivity contribution in [2.45, 2.75) is 79.3 Å². The number of nitrogens with one attached hydrogen (secondary N) is 1. The van der Waals surface area contributed by atoms with Crippen molar-refractivity contribution >= 4 is 5.96 Å². The molecule has 27 heavy (non-hydrogen) atoms. The van der Waals surface area contributed by atoms with Crippen molar-refractivity contribution in [3.63, 3.8) is 0 Å². The van der Waals surface area contributed by atoms with E-state index in [1.165, 1.54) is 12.8 Å². The SMILES string of the molecule is Cc1nc(CN2CCC(CN=C(N)NC(C)CCCC(C)C)CC2)oc1C. The molecule has 0 saturated carbocycles. The molecule has 0 aliphatic carbocycles. The fourth-order valence-electron chi connectivity index (χ4n) is 3.56. The molecule has 3 N–H and O–H groups in total. The Labute approximate surface area is 165 Å². The van der Waals surface area contributed by atoms with Gasteiger partial charge in [-0.15, -0.1) is 0 Å². The van der Waals surface area contributed by atoms with Crippen LogP contribution < -0.4 is 11.1 Å². The predicted octanol–water partition coefficient (Wildman–Crippen LogP) is 3.62. The number of guanidine groups is 1. The summed E-state index contributed by atoms with van der Waals surface area (Å²) in [6, 6.07) is 0.391. The van der Waals surface area contributed by atoms with Gasteiger partial charge in [-0.3, -0.25) is 9.89 Å². The third kappa shape index (κ3) is 7.91. The quantitative estimate of drug-likeness (QED) is 0.507. The number of aliphatic imine (C=N–C) groups is 1. The van der Waals surface area contributed by atoms with E-state index in [-0.39, 0.29) is 0 Å². The molecule has 1 aromatic rings. The zero-order valence-electron chi connectivity index (χ0n) is 17.9. The Kier molecular flexibility index (Phi) is 8.61. The summed E-state index contributed by atoms with van der Waals surface area (Å²) >= 11 is 0. The first-order valence-electron chi connectivity index (χ1n) is 10.5. The highest BCUT2D eigenvalue weighted by Crippen LogP contribution is 2.20. The van der Waals surface area contributed by atoms with E-state index in [2.05, 4.69) is 41.0 Å². The molecule has 2 rings (SSSR count). The summed E-state index contributed by atoms with van der Waals surface area (Å²) in [5.74, 6) is 3.74. The normalized spacial score (nSPS) is 18.2. The van der Waals surface area contributed by atoms with Crippen molar-refractivity contribution in [1.29, 1.82) is 0 Å². The van der Waals surface area contributed by atoms with Crippen molar-refractivity contribution in [3.05, 3.63) is 17.3 Å². The second-order valence-electron chi connectivity index (χ2n) is 8.56. The minimum absolute atomic E-state index is 0.391. The van der Waals surface area contributed by atoms with Gasteiger partial charge >= 0.3 is 0 Å². The molecule has 0 spiro atoms. The molecule has 154 valence electrons. The van der Waals surface area contributed by atoms with E-state index in [1.807, 2.05) is 13.8 Å². The highest BCUT2D eigenvalue weighted by Gasteiger charge is 2.20. The van der Waals surface area contributed by atoms with Crippen LogP contribution in [0.4, 0.5) is 0 Å². The fraction of sp³-hybridized carbons (Fsp3) is 0.810. The highest BCUT2D eigenvalue weighted by atomic mass is 16.4. The zero-order chi connectivity index (χ0) is 19.8. The maximum absolute atomic E-state index is 6.08. The number of nitrogens with zero attached hydrogens (tertiary/aromatic N) is 3. The molecule has 0 radical (unpaired) electrons. The van der Waals surface area contributed by atoms with Gasteiger partial charge in [0, 0.05) is 12.6 Å². The third-order valence-corrected chi connectivity index (χ3v) is 5.47. The maximum atomic E-state index is 6.08. The van der Waals surface area contributed by atoms with Gasteiger partial charge in [0.15, 0.2) is 5.96 Å². The Balaban J connectivity index is 1.65. The molecular weight excluding hydrogens is 338 g/mol. The van der Waals surface area contributed by atoms with E-state index in [0.717, 1.165) is 68.7 Å². The first-order valence-corrected chi connectivity index (χ1v) is 10.5. The lowest BCUT2D eigenvalue weighted by Gasteiger charge is -2.30. The summed E-state index contributed by atoms with van der Waals surface area (Å²) in [4.78, 5) is 11.5. The monoisotopic (exact) mass is 377 g/mol. The topological polar surface area (TPSA) is 79.7 Å². The lowest BCUT2D eigenvalue weighted by molar-refractivity contribution is 0.166. The first-order chi connectivity index (χ1) is 12.8. The Morgan fingerprint density at radius 3 is 2.56 bits per heavy atom. The maximum Gasteiger partial charge on any atom is 0.208 e. The summed E-state index contributed by atoms with van der Waals surface area (Å²) in [5, 5.41) is 3.34. The van der Waals surface area contributed by atoms with Crippen LogP contribution in [0.3, 0.4) is 0 Å². The van der Waals surface area contributed by atoms with Crippen molar-refractivity contribution in [1.82, 2.24) is 15.2 Å². The summed E-state index contributed by atoms with van der Waals surface area (Å²) < 4.78 is 5.70. The molecule has 1 fully saturated rings. The summed E-state index contributed by atoms with van der Waals surface area (Å²) in [6.45, 7) is 14.5. The van der Waals surface area contributed by atoms with E-state index in [9.17, 15) is 0 Å². The standard InChI is InChI=1S/C21H39N5O/c1-15(2)7-6-8-16(3)24-21(22)23-13-19-9-11-26(12-10-19)14-20-25-17(4)18(5)27-20/h15-16,19H,6-14H2,1-5H3,(H3,22,23,24). The molecule has 6 heteroatoms. The number of likely N-dealkylation sites (tertiary alicyclic amines) is 1. The number of hydrogen-bond acceptors (Lipinski definition) is 4. The van der Waals surface area contributed by atoms with E-state index in [0.29, 0.717) is 17.9 Å². The number of nitrogens with two attached hydrogens (primary N) is 1. The average molecular weight is 378 g/mol. The second-order valence-corrected chi connectivity index (χ2v) is 8.56. The largest absolute Gasteiger partial charge is 0.444 e. The Morgan fingerprint density at radius 1 is 1.26 bits per heavy atom. The van der Waals surface area contributed by atoms with E-state index < -0.39 is 0 Å². The van der Waals surface area contributed by atoms with Gasteiger partial charge in [0.1, 0.15) is 5.76 Å². The minimum atomic E-state index is 0.391. The molecular formula is C21H39N5O.